The summed E-state index contributed by atoms with van der Waals surface area (Å²) in [6.07, 6.45) is 4.10. The summed E-state index contributed by atoms with van der Waals surface area (Å²) in [5, 5.41) is 10.5. The molecule has 0 spiro atoms. The van der Waals surface area contributed by atoms with E-state index in [-0.39, 0.29) is 11.7 Å². The third-order valence-corrected chi connectivity index (χ3v) is 4.61. The van der Waals surface area contributed by atoms with E-state index >= 15 is 0 Å². The molecule has 1 saturated heterocycles. The largest absolute Gasteiger partial charge is 0.504 e. The number of hydrogen-bond donors (Lipinski definition) is 1. The normalized spacial score (nSPS) is 19.9. The van der Waals surface area contributed by atoms with Crippen LogP contribution in [-0.2, 0) is 4.79 Å². The zero-order chi connectivity index (χ0) is 15.5. The molecule has 2 heterocycles. The molecule has 116 valence electrons. The van der Waals surface area contributed by atoms with Crippen molar-refractivity contribution in [1.29, 1.82) is 0 Å². The van der Waals surface area contributed by atoms with Crippen molar-refractivity contribution in [1.82, 2.24) is 4.90 Å². The number of likely N-dealkylation sites (tertiary alicyclic amines) is 1. The van der Waals surface area contributed by atoms with Gasteiger partial charge in [-0.1, -0.05) is 6.07 Å². The Morgan fingerprint density at radius 1 is 1.41 bits per heavy atom. The highest BCUT2D eigenvalue weighted by Gasteiger charge is 2.27. The number of benzene rings is 1. The molecule has 0 saturated carbocycles. The lowest BCUT2D eigenvalue weighted by Crippen LogP contribution is -2.23. The molecule has 0 bridgehead atoms. The molecule has 5 nitrogen and oxygen atoms in total. The highest BCUT2D eigenvalue weighted by Crippen LogP contribution is 2.33. The van der Waals surface area contributed by atoms with Gasteiger partial charge in [0, 0.05) is 13.1 Å². The number of ether oxygens (including phenoxy) is 1. The second-order valence-electron chi connectivity index (χ2n) is 5.16. The van der Waals surface area contributed by atoms with E-state index in [4.69, 9.17) is 4.74 Å². The van der Waals surface area contributed by atoms with Gasteiger partial charge >= 0.3 is 0 Å². The zero-order valence-electron chi connectivity index (χ0n) is 12.4. The first-order valence-corrected chi connectivity index (χ1v) is 8.22. The van der Waals surface area contributed by atoms with Crippen LogP contribution in [0, 0.1) is 0 Å². The summed E-state index contributed by atoms with van der Waals surface area (Å²) in [4.78, 5) is 18.9. The molecule has 0 aromatic heterocycles. The molecule has 1 aromatic rings. The first kappa shape index (κ1) is 15.0. The minimum Gasteiger partial charge on any atom is -0.504 e. The standard InChI is InChI=1S/C16H18N2O3S/c1-2-21-13-9-11(5-6-12(13)19)10-14-15(20)17-16(22-14)18-7-3-4-8-18/h5-6,9-10,19H,2-4,7-8H2,1H3/b14-10+. The van der Waals surface area contributed by atoms with Gasteiger partial charge in [0.1, 0.15) is 0 Å². The van der Waals surface area contributed by atoms with Crippen LogP contribution in [0.5, 0.6) is 11.5 Å². The predicted octanol–water partition coefficient (Wildman–Crippen LogP) is 2.86. The lowest BCUT2D eigenvalue weighted by molar-refractivity contribution is -0.113. The van der Waals surface area contributed by atoms with Crippen LogP contribution in [0.15, 0.2) is 28.1 Å². The molecule has 2 aliphatic heterocycles. The third kappa shape index (κ3) is 3.11. The molecule has 6 heteroatoms. The van der Waals surface area contributed by atoms with Gasteiger partial charge in [0.25, 0.3) is 5.91 Å². The Morgan fingerprint density at radius 2 is 2.18 bits per heavy atom. The second kappa shape index (κ2) is 6.44. The highest BCUT2D eigenvalue weighted by atomic mass is 32.2. The molecule has 0 radical (unpaired) electrons. The molecule has 0 atom stereocenters. The summed E-state index contributed by atoms with van der Waals surface area (Å²) in [5.74, 6) is 0.328. The van der Waals surface area contributed by atoms with E-state index in [1.165, 1.54) is 11.8 Å². The molecule has 0 aliphatic carbocycles. The van der Waals surface area contributed by atoms with Gasteiger partial charge in [0.15, 0.2) is 16.7 Å². The number of amides is 1. The maximum absolute atomic E-state index is 12.0. The van der Waals surface area contributed by atoms with E-state index in [0.29, 0.717) is 17.3 Å². The molecule has 1 fully saturated rings. The lowest BCUT2D eigenvalue weighted by Gasteiger charge is -2.14. The molecular weight excluding hydrogens is 300 g/mol. The summed E-state index contributed by atoms with van der Waals surface area (Å²) in [5.41, 5.74) is 0.815. The van der Waals surface area contributed by atoms with Gasteiger partial charge in [-0.15, -0.1) is 0 Å². The Labute approximate surface area is 133 Å². The summed E-state index contributed by atoms with van der Waals surface area (Å²) >= 11 is 1.42. The van der Waals surface area contributed by atoms with Crippen LogP contribution < -0.4 is 4.74 Å². The van der Waals surface area contributed by atoms with Crippen molar-refractivity contribution in [3.63, 3.8) is 0 Å². The summed E-state index contributed by atoms with van der Waals surface area (Å²) in [6, 6.07) is 5.06. The van der Waals surface area contributed by atoms with Crippen LogP contribution in [0.1, 0.15) is 25.3 Å². The van der Waals surface area contributed by atoms with Gasteiger partial charge in [-0.25, -0.2) is 0 Å². The van der Waals surface area contributed by atoms with Crippen molar-refractivity contribution >= 4 is 28.9 Å². The average molecular weight is 318 g/mol. The van der Waals surface area contributed by atoms with E-state index < -0.39 is 0 Å². The molecule has 22 heavy (non-hydrogen) atoms. The average Bonchev–Trinajstić information content (AvgIpc) is 3.13. The van der Waals surface area contributed by atoms with Crippen LogP contribution in [0.4, 0.5) is 0 Å². The number of rotatable bonds is 3. The first-order valence-electron chi connectivity index (χ1n) is 7.40. The van der Waals surface area contributed by atoms with Crippen molar-refractivity contribution in [3.8, 4) is 11.5 Å². The predicted molar refractivity (Wildman–Crippen MR) is 88.1 cm³/mol. The van der Waals surface area contributed by atoms with Gasteiger partial charge in [0.05, 0.1) is 11.5 Å². The fraction of sp³-hybridized carbons (Fsp3) is 0.375. The number of aliphatic imine (C=N–C) groups is 1. The topological polar surface area (TPSA) is 62.1 Å². The number of thioether (sulfide) groups is 1. The Bertz CT molecular complexity index is 649. The number of carbonyl (C=O) groups excluding carboxylic acids is 1. The fourth-order valence-electron chi connectivity index (χ4n) is 2.48. The first-order chi connectivity index (χ1) is 10.7. The number of aromatic hydroxyl groups is 1. The van der Waals surface area contributed by atoms with Gasteiger partial charge < -0.3 is 14.7 Å². The Kier molecular flexibility index (Phi) is 4.38. The SMILES string of the molecule is CCOc1cc(/C=C2/SC(N3CCCC3)=NC2=O)ccc1O. The summed E-state index contributed by atoms with van der Waals surface area (Å²) in [6.45, 7) is 4.28. The quantitative estimate of drug-likeness (QED) is 0.868. The Balaban J connectivity index is 1.78. The number of carbonyl (C=O) groups is 1. The minimum absolute atomic E-state index is 0.100. The van der Waals surface area contributed by atoms with Crippen molar-refractivity contribution in [3.05, 3.63) is 28.7 Å². The van der Waals surface area contributed by atoms with Crippen molar-refractivity contribution in [2.75, 3.05) is 19.7 Å². The van der Waals surface area contributed by atoms with E-state index in [2.05, 4.69) is 9.89 Å². The molecule has 1 N–H and O–H groups in total. The van der Waals surface area contributed by atoms with Gasteiger partial charge in [-0.2, -0.15) is 4.99 Å². The minimum atomic E-state index is -0.196. The van der Waals surface area contributed by atoms with Crippen LogP contribution in [0.2, 0.25) is 0 Å². The second-order valence-corrected chi connectivity index (χ2v) is 6.17. The Morgan fingerprint density at radius 3 is 2.91 bits per heavy atom. The summed E-state index contributed by atoms with van der Waals surface area (Å²) in [7, 11) is 0. The molecular formula is C16H18N2O3S. The number of phenolic OH excluding ortho intramolecular Hbond substituents is 1. The number of hydrogen-bond acceptors (Lipinski definition) is 5. The molecule has 1 aromatic carbocycles. The van der Waals surface area contributed by atoms with Crippen LogP contribution >= 0.6 is 11.8 Å². The Hall–Kier alpha value is -1.95. The molecule has 2 aliphatic rings. The van der Waals surface area contributed by atoms with Gasteiger partial charge in [-0.05, 0) is 55.3 Å². The van der Waals surface area contributed by atoms with Crippen molar-refractivity contribution in [2.24, 2.45) is 4.99 Å². The van der Waals surface area contributed by atoms with E-state index in [1.54, 1.807) is 24.3 Å². The maximum atomic E-state index is 12.0. The zero-order valence-corrected chi connectivity index (χ0v) is 13.2. The number of phenols is 1. The third-order valence-electron chi connectivity index (χ3n) is 3.57. The van der Waals surface area contributed by atoms with Crippen LogP contribution in [0.3, 0.4) is 0 Å². The van der Waals surface area contributed by atoms with Crippen LogP contribution in [0.25, 0.3) is 6.08 Å². The highest BCUT2D eigenvalue weighted by molar-refractivity contribution is 8.18. The van der Waals surface area contributed by atoms with E-state index in [1.807, 2.05) is 6.92 Å². The van der Waals surface area contributed by atoms with Crippen LogP contribution in [-0.4, -0.2) is 40.8 Å². The molecule has 3 rings (SSSR count). The monoisotopic (exact) mass is 318 g/mol. The fourth-order valence-corrected chi connectivity index (χ4v) is 3.45. The van der Waals surface area contributed by atoms with Gasteiger partial charge in [-0.3, -0.25) is 4.79 Å². The maximum Gasteiger partial charge on any atom is 0.286 e. The van der Waals surface area contributed by atoms with Crippen molar-refractivity contribution in [2.45, 2.75) is 19.8 Å². The molecule has 0 unspecified atom stereocenters. The smallest absolute Gasteiger partial charge is 0.286 e. The van der Waals surface area contributed by atoms with E-state index in [0.717, 1.165) is 36.7 Å². The van der Waals surface area contributed by atoms with Gasteiger partial charge in [0.2, 0.25) is 0 Å². The molecule has 1 amide bonds. The number of nitrogens with zero attached hydrogens (tertiary/aromatic N) is 2. The number of amidine groups is 1. The summed E-state index contributed by atoms with van der Waals surface area (Å²) < 4.78 is 5.36. The lowest BCUT2D eigenvalue weighted by atomic mass is 10.2. The van der Waals surface area contributed by atoms with Crippen molar-refractivity contribution < 1.29 is 14.6 Å². The van der Waals surface area contributed by atoms with E-state index in [9.17, 15) is 9.90 Å².